The zero-order valence-corrected chi connectivity index (χ0v) is 10.4. The maximum atomic E-state index is 11.8. The summed E-state index contributed by atoms with van der Waals surface area (Å²) in [5.74, 6) is -0.0888. The lowest BCUT2D eigenvalue weighted by Crippen LogP contribution is -2.46. The van der Waals surface area contributed by atoms with Gasteiger partial charge in [-0.1, -0.05) is 6.92 Å². The lowest BCUT2D eigenvalue weighted by Gasteiger charge is -2.26. The van der Waals surface area contributed by atoms with E-state index in [0.29, 0.717) is 11.5 Å². The maximum absolute atomic E-state index is 11.8. The Kier molecular flexibility index (Phi) is 4.79. The number of rotatable bonds is 4. The first-order valence-electron chi connectivity index (χ1n) is 4.76. The van der Waals surface area contributed by atoms with Crippen LogP contribution in [0.5, 0.6) is 0 Å². The first kappa shape index (κ1) is 12.7. The Hall–Kier alpha value is -0.360. The number of aliphatic carboxylic acids is 1. The lowest BCUT2D eigenvalue weighted by atomic mass is 10.2. The van der Waals surface area contributed by atoms with Gasteiger partial charge in [-0.15, -0.1) is 11.8 Å². The van der Waals surface area contributed by atoms with Crippen molar-refractivity contribution in [1.82, 2.24) is 4.90 Å². The van der Waals surface area contributed by atoms with Gasteiger partial charge in [-0.05, 0) is 12.7 Å². The standard InChI is InChI=1S/C9H15NO3S2/c1-3-8-10(7(11)5-14-2)6(4-15-8)9(12)13/h6,8H,3-5H2,1-2H3,(H,12,13). The van der Waals surface area contributed by atoms with Gasteiger partial charge in [0.05, 0.1) is 11.1 Å². The summed E-state index contributed by atoms with van der Waals surface area (Å²) in [7, 11) is 0. The molecule has 1 aliphatic rings. The van der Waals surface area contributed by atoms with E-state index in [4.69, 9.17) is 5.11 Å². The first-order valence-corrected chi connectivity index (χ1v) is 7.20. The molecule has 1 rings (SSSR count). The van der Waals surface area contributed by atoms with Gasteiger partial charge in [-0.2, -0.15) is 11.8 Å². The van der Waals surface area contributed by atoms with Crippen molar-refractivity contribution in [2.45, 2.75) is 24.8 Å². The van der Waals surface area contributed by atoms with Crippen LogP contribution in [0, 0.1) is 0 Å². The molecule has 0 aromatic carbocycles. The molecule has 1 saturated heterocycles. The Morgan fingerprint density at radius 2 is 2.27 bits per heavy atom. The summed E-state index contributed by atoms with van der Waals surface area (Å²) in [5, 5.41) is 9.03. The van der Waals surface area contributed by atoms with Gasteiger partial charge in [0, 0.05) is 5.75 Å². The second-order valence-corrected chi connectivity index (χ2v) is 5.36. The highest BCUT2D eigenvalue weighted by Gasteiger charge is 2.40. The fraction of sp³-hybridized carbons (Fsp3) is 0.778. The highest BCUT2D eigenvalue weighted by atomic mass is 32.2. The third-order valence-electron chi connectivity index (χ3n) is 2.28. The predicted octanol–water partition coefficient (Wildman–Crippen LogP) is 1.11. The largest absolute Gasteiger partial charge is 0.480 e. The number of carboxylic acids is 1. The minimum Gasteiger partial charge on any atom is -0.480 e. The highest BCUT2D eigenvalue weighted by Crippen LogP contribution is 2.31. The summed E-state index contributed by atoms with van der Waals surface area (Å²) in [4.78, 5) is 24.3. The molecule has 4 nitrogen and oxygen atoms in total. The van der Waals surface area contributed by atoms with E-state index in [1.807, 2.05) is 13.2 Å². The van der Waals surface area contributed by atoms with Crippen LogP contribution in [-0.4, -0.2) is 51.1 Å². The molecule has 0 aromatic heterocycles. The Balaban J connectivity index is 2.76. The molecule has 1 fully saturated rings. The van der Waals surface area contributed by atoms with E-state index in [-0.39, 0.29) is 11.3 Å². The molecule has 1 amide bonds. The van der Waals surface area contributed by atoms with E-state index in [0.717, 1.165) is 6.42 Å². The Bertz CT molecular complexity index is 260. The van der Waals surface area contributed by atoms with Crippen LogP contribution in [0.25, 0.3) is 0 Å². The average molecular weight is 249 g/mol. The van der Waals surface area contributed by atoms with E-state index < -0.39 is 12.0 Å². The predicted molar refractivity (Wildman–Crippen MR) is 63.2 cm³/mol. The molecule has 1 heterocycles. The second-order valence-electron chi connectivity index (χ2n) is 3.28. The van der Waals surface area contributed by atoms with E-state index in [2.05, 4.69) is 0 Å². The summed E-state index contributed by atoms with van der Waals surface area (Å²) in [6.45, 7) is 1.97. The molecule has 6 heteroatoms. The van der Waals surface area contributed by atoms with Crippen LogP contribution >= 0.6 is 23.5 Å². The van der Waals surface area contributed by atoms with Gasteiger partial charge in [0.25, 0.3) is 0 Å². The average Bonchev–Trinajstić information content (AvgIpc) is 2.61. The van der Waals surface area contributed by atoms with Gasteiger partial charge >= 0.3 is 5.97 Å². The smallest absolute Gasteiger partial charge is 0.327 e. The molecule has 0 bridgehead atoms. The van der Waals surface area contributed by atoms with E-state index >= 15 is 0 Å². The number of carbonyl (C=O) groups is 2. The fourth-order valence-corrected chi connectivity index (χ4v) is 3.37. The van der Waals surface area contributed by atoms with Gasteiger partial charge in [0.1, 0.15) is 6.04 Å². The molecule has 2 unspecified atom stereocenters. The number of thioether (sulfide) groups is 2. The summed E-state index contributed by atoms with van der Waals surface area (Å²) in [5.41, 5.74) is 0. The fourth-order valence-electron chi connectivity index (χ4n) is 1.60. The summed E-state index contributed by atoms with van der Waals surface area (Å²) in [6.07, 6.45) is 2.65. The van der Waals surface area contributed by atoms with Crippen molar-refractivity contribution in [3.63, 3.8) is 0 Å². The van der Waals surface area contributed by atoms with Gasteiger partial charge in [0.15, 0.2) is 0 Å². The summed E-state index contributed by atoms with van der Waals surface area (Å²) >= 11 is 2.99. The van der Waals surface area contributed by atoms with Crippen LogP contribution < -0.4 is 0 Å². The molecular formula is C9H15NO3S2. The van der Waals surface area contributed by atoms with Crippen molar-refractivity contribution in [2.24, 2.45) is 0 Å². The molecular weight excluding hydrogens is 234 g/mol. The number of amides is 1. The quantitative estimate of drug-likeness (QED) is 0.809. The molecule has 2 atom stereocenters. The van der Waals surface area contributed by atoms with Gasteiger partial charge in [-0.3, -0.25) is 4.79 Å². The monoisotopic (exact) mass is 249 g/mol. The minimum absolute atomic E-state index is 0.0331. The molecule has 15 heavy (non-hydrogen) atoms. The van der Waals surface area contributed by atoms with E-state index in [1.54, 1.807) is 11.8 Å². The molecule has 1 aliphatic heterocycles. The van der Waals surface area contributed by atoms with Gasteiger partial charge < -0.3 is 10.0 Å². The zero-order valence-electron chi connectivity index (χ0n) is 8.80. The van der Waals surface area contributed by atoms with Gasteiger partial charge in [0.2, 0.25) is 5.91 Å². The van der Waals surface area contributed by atoms with Crippen molar-refractivity contribution < 1.29 is 14.7 Å². The SMILES string of the molecule is CCC1SCC(C(=O)O)N1C(=O)CSC. The van der Waals surface area contributed by atoms with Crippen LogP contribution in [0.3, 0.4) is 0 Å². The molecule has 0 spiro atoms. The topological polar surface area (TPSA) is 57.6 Å². The lowest BCUT2D eigenvalue weighted by molar-refractivity contribution is -0.148. The van der Waals surface area contributed by atoms with Crippen molar-refractivity contribution in [3.8, 4) is 0 Å². The Morgan fingerprint density at radius 1 is 1.60 bits per heavy atom. The number of hydrogen-bond donors (Lipinski definition) is 1. The minimum atomic E-state index is -0.895. The molecule has 0 radical (unpaired) electrons. The third kappa shape index (κ3) is 2.81. The van der Waals surface area contributed by atoms with Crippen molar-refractivity contribution in [1.29, 1.82) is 0 Å². The van der Waals surface area contributed by atoms with E-state index in [9.17, 15) is 9.59 Å². The molecule has 0 saturated carbocycles. The molecule has 1 N–H and O–H groups in total. The summed E-state index contributed by atoms with van der Waals surface area (Å²) in [6, 6.07) is -0.639. The Labute approximate surface area is 97.8 Å². The van der Waals surface area contributed by atoms with Crippen LogP contribution in [-0.2, 0) is 9.59 Å². The first-order chi connectivity index (χ1) is 7.11. The van der Waals surface area contributed by atoms with Crippen LogP contribution in [0.1, 0.15) is 13.3 Å². The maximum Gasteiger partial charge on any atom is 0.327 e. The van der Waals surface area contributed by atoms with Crippen LogP contribution in [0.2, 0.25) is 0 Å². The number of carboxylic acid groups (broad SMARTS) is 1. The van der Waals surface area contributed by atoms with Gasteiger partial charge in [-0.25, -0.2) is 4.79 Å². The Morgan fingerprint density at radius 3 is 2.73 bits per heavy atom. The van der Waals surface area contributed by atoms with Crippen molar-refractivity contribution in [2.75, 3.05) is 17.8 Å². The number of nitrogens with zero attached hydrogens (tertiary/aromatic N) is 1. The second kappa shape index (κ2) is 5.65. The molecule has 0 aliphatic carbocycles. The van der Waals surface area contributed by atoms with Crippen molar-refractivity contribution >= 4 is 35.4 Å². The molecule has 0 aromatic rings. The van der Waals surface area contributed by atoms with Crippen LogP contribution in [0.4, 0.5) is 0 Å². The summed E-state index contributed by atoms with van der Waals surface area (Å²) < 4.78 is 0. The normalized spacial score (nSPS) is 25.6. The molecule has 86 valence electrons. The number of hydrogen-bond acceptors (Lipinski definition) is 4. The van der Waals surface area contributed by atoms with Crippen LogP contribution in [0.15, 0.2) is 0 Å². The third-order valence-corrected chi connectivity index (χ3v) is 4.27. The zero-order chi connectivity index (χ0) is 11.4. The number of carbonyl (C=O) groups excluding carboxylic acids is 1. The highest BCUT2D eigenvalue weighted by molar-refractivity contribution is 8.00. The van der Waals surface area contributed by atoms with E-state index in [1.165, 1.54) is 16.7 Å². The van der Waals surface area contributed by atoms with Crippen molar-refractivity contribution in [3.05, 3.63) is 0 Å².